The minimum Gasteiger partial charge on any atom is -0.497 e. The van der Waals surface area contributed by atoms with Gasteiger partial charge in [-0.05, 0) is 49.4 Å². The second kappa shape index (κ2) is 9.89. The van der Waals surface area contributed by atoms with Crippen LogP contribution in [0, 0.1) is 0 Å². The van der Waals surface area contributed by atoms with Crippen LogP contribution in [0.25, 0.3) is 11.0 Å². The molecule has 3 aromatic rings. The number of hydrogen-bond donors (Lipinski definition) is 2. The summed E-state index contributed by atoms with van der Waals surface area (Å²) in [5.74, 6) is 1.97. The zero-order valence-electron chi connectivity index (χ0n) is 19.1. The first kappa shape index (κ1) is 22.6. The van der Waals surface area contributed by atoms with E-state index in [0.717, 1.165) is 36.9 Å². The maximum absolute atomic E-state index is 12.7. The van der Waals surface area contributed by atoms with Gasteiger partial charge in [0, 0.05) is 49.9 Å². The number of carbonyl (C=O) groups excluding carboxylic acids is 1. The van der Waals surface area contributed by atoms with E-state index in [1.807, 2.05) is 31.1 Å². The van der Waals surface area contributed by atoms with E-state index in [1.165, 1.54) is 6.07 Å². The molecule has 0 bridgehead atoms. The van der Waals surface area contributed by atoms with Gasteiger partial charge in [-0.1, -0.05) is 0 Å². The van der Waals surface area contributed by atoms with Gasteiger partial charge in [0.2, 0.25) is 11.9 Å². The number of ether oxygens (including phenoxy) is 1. The first-order valence-electron chi connectivity index (χ1n) is 11.1. The molecular weight excluding hydrogens is 422 g/mol. The van der Waals surface area contributed by atoms with E-state index < -0.39 is 5.63 Å². The molecule has 2 N–H and O–H groups in total. The van der Waals surface area contributed by atoms with Crippen molar-refractivity contribution in [2.24, 2.45) is 0 Å². The van der Waals surface area contributed by atoms with Crippen LogP contribution in [0.15, 0.2) is 45.7 Å². The molecule has 1 saturated carbocycles. The molecule has 1 aliphatic carbocycles. The maximum Gasteiger partial charge on any atom is 0.336 e. The third kappa shape index (κ3) is 5.60. The summed E-state index contributed by atoms with van der Waals surface area (Å²) in [7, 11) is 5.44. The fourth-order valence-corrected chi connectivity index (χ4v) is 4.17. The normalized spacial score (nSPS) is 18.0. The molecular formula is C24H29N5O4. The van der Waals surface area contributed by atoms with Crippen molar-refractivity contribution in [1.82, 2.24) is 15.3 Å². The zero-order valence-corrected chi connectivity index (χ0v) is 19.1. The Kier molecular flexibility index (Phi) is 6.76. The lowest BCUT2D eigenvalue weighted by Gasteiger charge is -2.29. The van der Waals surface area contributed by atoms with Gasteiger partial charge in [-0.3, -0.25) is 4.79 Å². The van der Waals surface area contributed by atoms with Crippen molar-refractivity contribution in [3.05, 3.63) is 52.5 Å². The topological polar surface area (TPSA) is 110 Å². The number of anilines is 2. The number of methoxy groups -OCH3 is 1. The highest BCUT2D eigenvalue weighted by atomic mass is 16.5. The maximum atomic E-state index is 12.7. The Morgan fingerprint density at radius 1 is 1.15 bits per heavy atom. The fourth-order valence-electron chi connectivity index (χ4n) is 4.17. The monoisotopic (exact) mass is 451 g/mol. The smallest absolute Gasteiger partial charge is 0.336 e. The van der Waals surface area contributed by atoms with Crippen molar-refractivity contribution >= 4 is 28.6 Å². The Hall–Kier alpha value is -3.62. The number of amides is 1. The van der Waals surface area contributed by atoms with Crippen LogP contribution in [0.5, 0.6) is 5.75 Å². The third-order valence-electron chi connectivity index (χ3n) is 5.91. The van der Waals surface area contributed by atoms with Gasteiger partial charge in [0.15, 0.2) is 0 Å². The molecule has 0 atom stereocenters. The van der Waals surface area contributed by atoms with E-state index in [9.17, 15) is 9.59 Å². The molecule has 1 aliphatic rings. The van der Waals surface area contributed by atoms with Gasteiger partial charge in [0.25, 0.3) is 0 Å². The molecule has 1 amide bonds. The van der Waals surface area contributed by atoms with Crippen LogP contribution in [-0.4, -0.2) is 49.2 Å². The molecule has 0 unspecified atom stereocenters. The van der Waals surface area contributed by atoms with Crippen LogP contribution in [-0.2, 0) is 11.2 Å². The lowest BCUT2D eigenvalue weighted by molar-refractivity contribution is -0.121. The van der Waals surface area contributed by atoms with Gasteiger partial charge >= 0.3 is 5.63 Å². The highest BCUT2D eigenvalue weighted by Gasteiger charge is 2.23. The molecule has 1 aromatic carbocycles. The van der Waals surface area contributed by atoms with E-state index >= 15 is 0 Å². The van der Waals surface area contributed by atoms with Crippen molar-refractivity contribution in [1.29, 1.82) is 0 Å². The predicted octanol–water partition coefficient (Wildman–Crippen LogP) is 2.74. The highest BCUT2D eigenvalue weighted by molar-refractivity contribution is 5.87. The second-order valence-electron chi connectivity index (χ2n) is 8.52. The highest BCUT2D eigenvalue weighted by Crippen LogP contribution is 2.24. The number of benzene rings is 1. The van der Waals surface area contributed by atoms with Gasteiger partial charge in [-0.2, -0.15) is 4.98 Å². The van der Waals surface area contributed by atoms with Crippen molar-refractivity contribution in [3.63, 3.8) is 0 Å². The number of nitrogens with zero attached hydrogens (tertiary/aromatic N) is 3. The molecule has 1 fully saturated rings. The molecule has 174 valence electrons. The number of hydrogen-bond acceptors (Lipinski definition) is 8. The number of rotatable bonds is 7. The number of fused-ring (bicyclic) bond motifs is 1. The standard InChI is InChI=1S/C24H29N5O4/c1-29(2)21-10-11-25-24(28-21)27-17-6-4-16(5-7-17)26-22(30)12-15-13-23(31)33-20-14-18(32-3)8-9-19(15)20/h8-11,13-14,16-17H,4-7,12H2,1-3H3,(H,26,30)(H,25,27,28). The molecule has 2 heterocycles. The van der Waals surface area contributed by atoms with Crippen molar-refractivity contribution in [2.45, 2.75) is 44.2 Å². The first-order valence-corrected chi connectivity index (χ1v) is 11.1. The summed E-state index contributed by atoms with van der Waals surface area (Å²) in [6, 6.07) is 8.89. The van der Waals surface area contributed by atoms with Gasteiger partial charge in [-0.25, -0.2) is 9.78 Å². The van der Waals surface area contributed by atoms with Crippen LogP contribution < -0.4 is 25.9 Å². The molecule has 0 aliphatic heterocycles. The molecule has 0 saturated heterocycles. The molecule has 0 radical (unpaired) electrons. The van der Waals surface area contributed by atoms with Crippen LogP contribution >= 0.6 is 0 Å². The van der Waals surface area contributed by atoms with Gasteiger partial charge < -0.3 is 24.7 Å². The summed E-state index contributed by atoms with van der Waals surface area (Å²) in [4.78, 5) is 35.5. The van der Waals surface area contributed by atoms with Crippen LogP contribution in [0.4, 0.5) is 11.8 Å². The summed E-state index contributed by atoms with van der Waals surface area (Å²) in [5.41, 5.74) is 0.581. The Morgan fingerprint density at radius 3 is 2.64 bits per heavy atom. The minimum atomic E-state index is -0.481. The van der Waals surface area contributed by atoms with Crippen LogP contribution in [0.1, 0.15) is 31.2 Å². The summed E-state index contributed by atoms with van der Waals surface area (Å²) in [5, 5.41) is 7.26. The first-order chi connectivity index (χ1) is 15.9. The number of carbonyl (C=O) groups is 1. The quantitative estimate of drug-likeness (QED) is 0.528. The van der Waals surface area contributed by atoms with Gasteiger partial charge in [-0.15, -0.1) is 0 Å². The summed E-state index contributed by atoms with van der Waals surface area (Å²) in [6.45, 7) is 0. The van der Waals surface area contributed by atoms with Crippen molar-refractivity contribution in [3.8, 4) is 5.75 Å². The Balaban J connectivity index is 1.33. The fraction of sp³-hybridized carbons (Fsp3) is 0.417. The largest absolute Gasteiger partial charge is 0.497 e. The van der Waals surface area contributed by atoms with Crippen LogP contribution in [0.3, 0.4) is 0 Å². The molecule has 33 heavy (non-hydrogen) atoms. The lowest BCUT2D eigenvalue weighted by atomic mass is 9.91. The molecule has 9 heteroatoms. The molecule has 0 spiro atoms. The predicted molar refractivity (Wildman–Crippen MR) is 127 cm³/mol. The van der Waals surface area contributed by atoms with E-state index in [1.54, 1.807) is 25.4 Å². The average Bonchev–Trinajstić information content (AvgIpc) is 2.80. The van der Waals surface area contributed by atoms with Gasteiger partial charge in [0.1, 0.15) is 17.2 Å². The Labute approximate surface area is 192 Å². The van der Waals surface area contributed by atoms with E-state index in [2.05, 4.69) is 20.6 Å². The average molecular weight is 452 g/mol. The Morgan fingerprint density at radius 2 is 1.91 bits per heavy atom. The SMILES string of the molecule is COc1ccc2c(CC(=O)NC3CCC(Nc4nccc(N(C)C)n4)CC3)cc(=O)oc2c1. The van der Waals surface area contributed by atoms with Gasteiger partial charge in [0.05, 0.1) is 13.5 Å². The zero-order chi connectivity index (χ0) is 23.4. The van der Waals surface area contributed by atoms with E-state index in [4.69, 9.17) is 9.15 Å². The molecule has 2 aromatic heterocycles. The summed E-state index contributed by atoms with van der Waals surface area (Å²) in [6.07, 6.45) is 5.44. The van der Waals surface area contributed by atoms with Crippen molar-refractivity contribution < 1.29 is 13.9 Å². The minimum absolute atomic E-state index is 0.101. The lowest BCUT2D eigenvalue weighted by Crippen LogP contribution is -2.41. The summed E-state index contributed by atoms with van der Waals surface area (Å²) >= 11 is 0. The molecule has 4 rings (SSSR count). The Bertz CT molecular complexity index is 1180. The molecule has 9 nitrogen and oxygen atoms in total. The summed E-state index contributed by atoms with van der Waals surface area (Å²) < 4.78 is 10.5. The van der Waals surface area contributed by atoms with E-state index in [0.29, 0.717) is 22.8 Å². The van der Waals surface area contributed by atoms with Crippen molar-refractivity contribution in [2.75, 3.05) is 31.4 Å². The van der Waals surface area contributed by atoms with Crippen LogP contribution in [0.2, 0.25) is 0 Å². The number of nitrogens with one attached hydrogen (secondary N) is 2. The number of aromatic nitrogens is 2. The second-order valence-corrected chi connectivity index (χ2v) is 8.52. The third-order valence-corrected chi connectivity index (χ3v) is 5.91. The van der Waals surface area contributed by atoms with E-state index in [-0.39, 0.29) is 24.4 Å².